The fraction of sp³-hybridized carbons (Fsp3) is 0.471. The first kappa shape index (κ1) is 17.5. The predicted molar refractivity (Wildman–Crippen MR) is 85.8 cm³/mol. The minimum absolute atomic E-state index is 0.0463. The highest BCUT2D eigenvalue weighted by molar-refractivity contribution is 5.94. The molecule has 1 aliphatic rings. The summed E-state index contributed by atoms with van der Waals surface area (Å²) in [5.41, 5.74) is -0.833. The van der Waals surface area contributed by atoms with Gasteiger partial charge in [0, 0.05) is 13.1 Å². The molecule has 0 atom stereocenters. The quantitative estimate of drug-likeness (QED) is 0.922. The van der Waals surface area contributed by atoms with Crippen molar-refractivity contribution in [1.29, 1.82) is 0 Å². The normalized spacial score (nSPS) is 16.3. The van der Waals surface area contributed by atoms with Gasteiger partial charge in [0.25, 0.3) is 5.91 Å². The molecule has 2 aromatic rings. The molecule has 134 valence electrons. The van der Waals surface area contributed by atoms with E-state index in [1.54, 1.807) is 24.7 Å². The van der Waals surface area contributed by atoms with E-state index in [-0.39, 0.29) is 11.6 Å². The Balaban J connectivity index is 1.66. The van der Waals surface area contributed by atoms with Crippen LogP contribution < -0.4 is 0 Å². The summed E-state index contributed by atoms with van der Waals surface area (Å²) in [6, 6.07) is 3.65. The SMILES string of the molecule is CC(C)(O)c1cn(C2CCN(C(=O)c3cccc(F)c3F)CC2)nn1. The third kappa shape index (κ3) is 3.53. The van der Waals surface area contributed by atoms with Crippen LogP contribution in [0, 0.1) is 11.6 Å². The first-order valence-electron chi connectivity index (χ1n) is 8.15. The molecule has 1 saturated heterocycles. The Bertz CT molecular complexity index is 777. The largest absolute Gasteiger partial charge is 0.384 e. The Labute approximate surface area is 144 Å². The molecule has 8 heteroatoms. The van der Waals surface area contributed by atoms with E-state index in [4.69, 9.17) is 0 Å². The monoisotopic (exact) mass is 350 g/mol. The van der Waals surface area contributed by atoms with E-state index in [2.05, 4.69) is 10.3 Å². The molecule has 0 aliphatic carbocycles. The average molecular weight is 350 g/mol. The van der Waals surface area contributed by atoms with Crippen molar-refractivity contribution in [2.45, 2.75) is 38.3 Å². The lowest BCUT2D eigenvalue weighted by molar-refractivity contribution is 0.0683. The van der Waals surface area contributed by atoms with Crippen molar-refractivity contribution in [1.82, 2.24) is 19.9 Å². The van der Waals surface area contributed by atoms with E-state index in [1.807, 2.05) is 0 Å². The van der Waals surface area contributed by atoms with Crippen molar-refractivity contribution in [3.63, 3.8) is 0 Å². The third-order valence-corrected chi connectivity index (χ3v) is 4.44. The zero-order valence-corrected chi connectivity index (χ0v) is 14.1. The average Bonchev–Trinajstić information content (AvgIpc) is 3.07. The second-order valence-corrected chi connectivity index (χ2v) is 6.77. The van der Waals surface area contributed by atoms with Gasteiger partial charge >= 0.3 is 0 Å². The molecule has 0 bridgehead atoms. The number of amides is 1. The zero-order chi connectivity index (χ0) is 18.2. The van der Waals surface area contributed by atoms with Gasteiger partial charge in [-0.25, -0.2) is 13.5 Å². The van der Waals surface area contributed by atoms with Crippen LogP contribution in [0.25, 0.3) is 0 Å². The summed E-state index contributed by atoms with van der Waals surface area (Å²) < 4.78 is 28.8. The van der Waals surface area contributed by atoms with Gasteiger partial charge in [-0.05, 0) is 38.8 Å². The number of nitrogens with zero attached hydrogens (tertiary/aromatic N) is 4. The third-order valence-electron chi connectivity index (χ3n) is 4.44. The van der Waals surface area contributed by atoms with Crippen LogP contribution in [0.15, 0.2) is 24.4 Å². The topological polar surface area (TPSA) is 71.2 Å². The van der Waals surface area contributed by atoms with E-state index in [0.29, 0.717) is 31.6 Å². The number of hydrogen-bond acceptors (Lipinski definition) is 4. The first-order chi connectivity index (χ1) is 11.8. The molecule has 3 rings (SSSR count). The molecule has 1 amide bonds. The van der Waals surface area contributed by atoms with Crippen molar-refractivity contribution in [2.24, 2.45) is 0 Å². The number of hydrogen-bond donors (Lipinski definition) is 1. The lowest BCUT2D eigenvalue weighted by Crippen LogP contribution is -2.39. The van der Waals surface area contributed by atoms with Crippen molar-refractivity contribution in [3.05, 3.63) is 47.3 Å². The zero-order valence-electron chi connectivity index (χ0n) is 14.1. The minimum Gasteiger partial charge on any atom is -0.384 e. The first-order valence-corrected chi connectivity index (χ1v) is 8.15. The molecular formula is C17H20F2N4O2. The van der Waals surface area contributed by atoms with E-state index < -0.39 is 23.1 Å². The number of rotatable bonds is 3. The summed E-state index contributed by atoms with van der Waals surface area (Å²) in [7, 11) is 0. The Hall–Kier alpha value is -2.35. The second-order valence-electron chi connectivity index (χ2n) is 6.77. The molecular weight excluding hydrogens is 330 g/mol. The van der Waals surface area contributed by atoms with Gasteiger partial charge in [-0.2, -0.15) is 0 Å². The molecule has 6 nitrogen and oxygen atoms in total. The highest BCUT2D eigenvalue weighted by Crippen LogP contribution is 2.25. The Morgan fingerprint density at radius 1 is 1.28 bits per heavy atom. The maximum Gasteiger partial charge on any atom is 0.256 e. The van der Waals surface area contributed by atoms with E-state index in [1.165, 1.54) is 17.0 Å². The van der Waals surface area contributed by atoms with Crippen LogP contribution >= 0.6 is 0 Å². The van der Waals surface area contributed by atoms with Gasteiger partial charge in [0.2, 0.25) is 0 Å². The van der Waals surface area contributed by atoms with E-state index in [9.17, 15) is 18.7 Å². The molecule has 1 aromatic carbocycles. The fourth-order valence-electron chi connectivity index (χ4n) is 2.91. The van der Waals surface area contributed by atoms with Crippen LogP contribution in [0.2, 0.25) is 0 Å². The molecule has 0 unspecified atom stereocenters. The van der Waals surface area contributed by atoms with Crippen LogP contribution in [0.4, 0.5) is 8.78 Å². The van der Waals surface area contributed by atoms with Crippen LogP contribution in [0.1, 0.15) is 48.8 Å². The number of carbonyl (C=O) groups excluding carboxylic acids is 1. The number of piperidine rings is 1. The molecule has 1 fully saturated rings. The standard InChI is InChI=1S/C17H20F2N4O2/c1-17(2,25)14-10-23(21-20-14)11-6-8-22(9-7-11)16(24)12-4-3-5-13(18)15(12)19/h3-5,10-11,25H,6-9H2,1-2H3. The summed E-state index contributed by atoms with van der Waals surface area (Å²) in [6.07, 6.45) is 2.95. The lowest BCUT2D eigenvalue weighted by Gasteiger charge is -2.32. The number of benzene rings is 1. The highest BCUT2D eigenvalue weighted by Gasteiger charge is 2.28. The summed E-state index contributed by atoms with van der Waals surface area (Å²) in [4.78, 5) is 13.9. The molecule has 1 N–H and O–H groups in total. The van der Waals surface area contributed by atoms with E-state index in [0.717, 1.165) is 6.07 Å². The summed E-state index contributed by atoms with van der Waals surface area (Å²) in [6.45, 7) is 4.10. The number of halogens is 2. The molecule has 0 spiro atoms. The molecule has 25 heavy (non-hydrogen) atoms. The van der Waals surface area contributed by atoms with Crippen LogP contribution in [-0.2, 0) is 5.60 Å². The van der Waals surface area contributed by atoms with Gasteiger partial charge in [0.05, 0.1) is 17.8 Å². The number of aromatic nitrogens is 3. The van der Waals surface area contributed by atoms with Gasteiger partial charge in [-0.15, -0.1) is 5.10 Å². The number of aliphatic hydroxyl groups is 1. The molecule has 1 aromatic heterocycles. The predicted octanol–water partition coefficient (Wildman–Crippen LogP) is 2.26. The summed E-state index contributed by atoms with van der Waals surface area (Å²) >= 11 is 0. The molecule has 0 radical (unpaired) electrons. The van der Waals surface area contributed by atoms with Gasteiger partial charge < -0.3 is 10.0 Å². The van der Waals surface area contributed by atoms with Crippen LogP contribution in [-0.4, -0.2) is 44.0 Å². The fourth-order valence-corrected chi connectivity index (χ4v) is 2.91. The summed E-state index contributed by atoms with van der Waals surface area (Å²) in [5.74, 6) is -2.64. The van der Waals surface area contributed by atoms with Crippen molar-refractivity contribution >= 4 is 5.91 Å². The van der Waals surface area contributed by atoms with Crippen molar-refractivity contribution < 1.29 is 18.7 Å². The van der Waals surface area contributed by atoms with E-state index >= 15 is 0 Å². The van der Waals surface area contributed by atoms with Crippen LogP contribution in [0.5, 0.6) is 0 Å². The maximum atomic E-state index is 13.8. The van der Waals surface area contributed by atoms with Gasteiger partial charge in [0.15, 0.2) is 11.6 Å². The lowest BCUT2D eigenvalue weighted by atomic mass is 10.0. The Morgan fingerprint density at radius 2 is 1.96 bits per heavy atom. The molecule has 1 aliphatic heterocycles. The number of carbonyl (C=O) groups is 1. The molecule has 0 saturated carbocycles. The Morgan fingerprint density at radius 3 is 2.56 bits per heavy atom. The smallest absolute Gasteiger partial charge is 0.256 e. The highest BCUT2D eigenvalue weighted by atomic mass is 19.2. The number of likely N-dealkylation sites (tertiary alicyclic amines) is 1. The second kappa shape index (κ2) is 6.51. The van der Waals surface area contributed by atoms with Gasteiger partial charge in [-0.1, -0.05) is 11.3 Å². The van der Waals surface area contributed by atoms with Gasteiger partial charge in [0.1, 0.15) is 11.3 Å². The summed E-state index contributed by atoms with van der Waals surface area (Å²) in [5, 5.41) is 18.0. The Kier molecular flexibility index (Phi) is 4.55. The van der Waals surface area contributed by atoms with Crippen molar-refractivity contribution in [2.75, 3.05) is 13.1 Å². The maximum absolute atomic E-state index is 13.8. The van der Waals surface area contributed by atoms with Gasteiger partial charge in [-0.3, -0.25) is 4.79 Å². The van der Waals surface area contributed by atoms with Crippen molar-refractivity contribution in [3.8, 4) is 0 Å². The minimum atomic E-state index is -1.11. The molecule has 2 heterocycles. The van der Waals surface area contributed by atoms with Crippen LogP contribution in [0.3, 0.4) is 0 Å².